The number of rotatable bonds is 15. The lowest BCUT2D eigenvalue weighted by Crippen LogP contribution is -2.44. The molecule has 0 radical (unpaired) electrons. The monoisotopic (exact) mass is 748 g/mol. The number of phenols is 1. The predicted molar refractivity (Wildman–Crippen MR) is 205 cm³/mol. The van der Waals surface area contributed by atoms with Gasteiger partial charge in [-0.05, 0) is 91.7 Å². The molecule has 0 bridgehead atoms. The number of carboxylic acids is 1. The molecule has 286 valence electrons. The third kappa shape index (κ3) is 9.38. The summed E-state index contributed by atoms with van der Waals surface area (Å²) in [5.41, 5.74) is 0.120. The number of aliphatic carboxylic acids is 1. The molecule has 6 rings (SSSR count). The van der Waals surface area contributed by atoms with E-state index in [1.165, 1.54) is 36.4 Å². The molecular formula is C42H44N4O9. The zero-order valence-electron chi connectivity index (χ0n) is 30.0. The van der Waals surface area contributed by atoms with E-state index >= 15 is 0 Å². The molecule has 0 spiro atoms. The van der Waals surface area contributed by atoms with Crippen LogP contribution in [0.4, 0.5) is 0 Å². The minimum Gasteiger partial charge on any atom is -0.506 e. The molecule has 1 heterocycles. The number of aromatic amines is 1. The molecule has 1 aliphatic carbocycles. The highest BCUT2D eigenvalue weighted by molar-refractivity contribution is 5.94. The fourth-order valence-corrected chi connectivity index (χ4v) is 6.93. The summed E-state index contributed by atoms with van der Waals surface area (Å²) in [4.78, 5) is 52.1. The highest BCUT2D eigenvalue weighted by atomic mass is 16.5. The number of aromatic hydroxyl groups is 1. The van der Waals surface area contributed by atoms with Crippen molar-refractivity contribution in [3.05, 3.63) is 141 Å². The number of ether oxygens (including phenoxy) is 1. The third-order valence-corrected chi connectivity index (χ3v) is 9.96. The Morgan fingerprint density at radius 2 is 1.53 bits per heavy atom. The number of hydrogen-bond acceptors (Lipinski definition) is 9. The van der Waals surface area contributed by atoms with Crippen molar-refractivity contribution in [3.8, 4) is 11.5 Å². The highest BCUT2D eigenvalue weighted by Gasteiger charge is 2.40. The number of aliphatic hydroxyl groups excluding tert-OH is 1. The molecule has 8 N–H and O–H groups in total. The van der Waals surface area contributed by atoms with Crippen molar-refractivity contribution in [2.45, 2.75) is 55.9 Å². The van der Waals surface area contributed by atoms with Gasteiger partial charge in [-0.3, -0.25) is 14.4 Å². The predicted octanol–water partition coefficient (Wildman–Crippen LogP) is 3.66. The van der Waals surface area contributed by atoms with Crippen molar-refractivity contribution in [1.29, 1.82) is 0 Å². The fraction of sp³-hybridized carbons (Fsp3) is 0.286. The van der Waals surface area contributed by atoms with E-state index in [0.717, 1.165) is 5.56 Å². The number of benzene rings is 4. The number of fused-ring (bicyclic) bond motifs is 1. The molecule has 13 nitrogen and oxygen atoms in total. The number of phenolic OH excluding ortho intramolecular Hbond substituents is 1. The van der Waals surface area contributed by atoms with E-state index in [4.69, 9.17) is 4.74 Å². The average Bonchev–Trinajstić information content (AvgIpc) is 3.20. The summed E-state index contributed by atoms with van der Waals surface area (Å²) >= 11 is 0. The Morgan fingerprint density at radius 1 is 0.836 bits per heavy atom. The van der Waals surface area contributed by atoms with Gasteiger partial charge in [0, 0.05) is 41.2 Å². The van der Waals surface area contributed by atoms with Crippen LogP contribution >= 0.6 is 0 Å². The van der Waals surface area contributed by atoms with Crippen molar-refractivity contribution >= 4 is 28.7 Å². The van der Waals surface area contributed by atoms with Gasteiger partial charge < -0.3 is 46.1 Å². The first-order valence-electron chi connectivity index (χ1n) is 18.2. The van der Waals surface area contributed by atoms with Gasteiger partial charge in [0.25, 0.3) is 11.8 Å². The number of nitrogens with one attached hydrogen (secondary N) is 4. The van der Waals surface area contributed by atoms with Crippen LogP contribution in [0.5, 0.6) is 11.5 Å². The summed E-state index contributed by atoms with van der Waals surface area (Å²) in [6.07, 6.45) is 2.57. The Hall–Kier alpha value is -6.02. The maximum Gasteiger partial charge on any atom is 0.345 e. The van der Waals surface area contributed by atoms with Gasteiger partial charge in [-0.2, -0.15) is 0 Å². The van der Waals surface area contributed by atoms with E-state index in [1.54, 1.807) is 54.6 Å². The van der Waals surface area contributed by atoms with E-state index in [1.807, 2.05) is 12.1 Å². The topological polar surface area (TPSA) is 210 Å². The normalized spacial score (nSPS) is 17.1. The minimum absolute atomic E-state index is 0.0292. The summed E-state index contributed by atoms with van der Waals surface area (Å²) in [7, 11) is 0. The summed E-state index contributed by atoms with van der Waals surface area (Å²) in [5, 5.41) is 51.7. The second-order valence-corrected chi connectivity index (χ2v) is 13.7. The van der Waals surface area contributed by atoms with E-state index in [9.17, 15) is 39.6 Å². The van der Waals surface area contributed by atoms with Gasteiger partial charge in [0.05, 0.1) is 11.6 Å². The number of hydrogen-bond donors (Lipinski definition) is 8. The number of H-pyrrole nitrogens is 1. The number of aliphatic hydroxyl groups is 2. The quantitative estimate of drug-likeness (QED) is 0.0729. The minimum atomic E-state index is -2.29. The van der Waals surface area contributed by atoms with Crippen LogP contribution in [0.1, 0.15) is 64.4 Å². The van der Waals surface area contributed by atoms with Gasteiger partial charge in [-0.25, -0.2) is 4.79 Å². The number of carboxylic acid groups (broad SMARTS) is 1. The standard InChI is InChI=1S/C42H44N4O9/c47-35-19-17-33(34-18-20-37(49)46-39(34)35)36(48)24-43-22-21-26-9-11-27(12-10-26)40(51)45-31-15-13-30(14-16-31)44-38(50)25-55-32-8-4-7-29(23-32)42(54,41(52)53)28-5-2-1-3-6-28/h1-12,17-20,23,30-31,36,43,47-48,54H,13-16,21-22,24-25H2,(H,44,50)(H,45,51)(H,46,49)(H,52,53). The maximum absolute atomic E-state index is 13.0. The van der Waals surface area contributed by atoms with Crippen molar-refractivity contribution < 1.29 is 39.5 Å². The largest absolute Gasteiger partial charge is 0.506 e. The smallest absolute Gasteiger partial charge is 0.345 e. The van der Waals surface area contributed by atoms with E-state index in [0.29, 0.717) is 55.2 Å². The number of aromatic nitrogens is 1. The van der Waals surface area contributed by atoms with Crippen molar-refractivity contribution in [3.63, 3.8) is 0 Å². The van der Waals surface area contributed by atoms with Gasteiger partial charge in [0.1, 0.15) is 11.5 Å². The lowest BCUT2D eigenvalue weighted by atomic mass is 9.86. The molecule has 55 heavy (non-hydrogen) atoms. The molecule has 0 saturated heterocycles. The number of carbonyl (C=O) groups is 3. The molecular weight excluding hydrogens is 704 g/mol. The van der Waals surface area contributed by atoms with Crippen molar-refractivity contribution in [1.82, 2.24) is 20.9 Å². The van der Waals surface area contributed by atoms with Crippen LogP contribution in [0.25, 0.3) is 10.9 Å². The van der Waals surface area contributed by atoms with Gasteiger partial charge in [0.15, 0.2) is 6.61 Å². The Morgan fingerprint density at radius 3 is 2.24 bits per heavy atom. The van der Waals surface area contributed by atoms with Gasteiger partial charge in [-0.1, -0.05) is 60.7 Å². The Kier molecular flexibility index (Phi) is 12.3. The summed E-state index contributed by atoms with van der Waals surface area (Å²) < 4.78 is 5.66. The van der Waals surface area contributed by atoms with Gasteiger partial charge in [0.2, 0.25) is 11.2 Å². The van der Waals surface area contributed by atoms with Crippen LogP contribution in [0.3, 0.4) is 0 Å². The Bertz CT molecular complexity index is 2180. The molecule has 1 saturated carbocycles. The Balaban J connectivity index is 0.900. The molecule has 1 aromatic heterocycles. The highest BCUT2D eigenvalue weighted by Crippen LogP contribution is 2.32. The first-order chi connectivity index (χ1) is 26.5. The molecule has 5 aromatic rings. The maximum atomic E-state index is 13.0. The summed E-state index contributed by atoms with van der Waals surface area (Å²) in [6.45, 7) is 0.567. The molecule has 2 atom stereocenters. The first-order valence-corrected chi connectivity index (χ1v) is 18.2. The SMILES string of the molecule is O=C(COc1cccc(C(O)(C(=O)O)c2ccccc2)c1)NC1CCC(NC(=O)c2ccc(CCNCC(O)c3ccc(O)c4[nH]c(=O)ccc34)cc2)CC1. The second kappa shape index (κ2) is 17.4. The van der Waals surface area contributed by atoms with E-state index < -0.39 is 17.7 Å². The zero-order chi connectivity index (χ0) is 39.0. The number of amides is 2. The Labute approximate surface area is 317 Å². The average molecular weight is 749 g/mol. The number of pyridine rings is 1. The van der Waals surface area contributed by atoms with Crippen LogP contribution in [-0.2, 0) is 21.6 Å². The third-order valence-electron chi connectivity index (χ3n) is 9.96. The van der Waals surface area contributed by atoms with Gasteiger partial charge in [-0.15, -0.1) is 0 Å². The van der Waals surface area contributed by atoms with Crippen LogP contribution in [0, 0.1) is 0 Å². The van der Waals surface area contributed by atoms with Crippen LogP contribution in [0.2, 0.25) is 0 Å². The molecule has 1 aliphatic rings. The fourth-order valence-electron chi connectivity index (χ4n) is 6.93. The summed E-state index contributed by atoms with van der Waals surface area (Å²) in [5.74, 6) is -1.74. The molecule has 2 unspecified atom stereocenters. The molecule has 13 heteroatoms. The zero-order valence-corrected chi connectivity index (χ0v) is 30.0. The van der Waals surface area contributed by atoms with E-state index in [2.05, 4.69) is 20.9 Å². The second-order valence-electron chi connectivity index (χ2n) is 13.7. The van der Waals surface area contributed by atoms with Crippen LogP contribution in [0.15, 0.2) is 108 Å². The van der Waals surface area contributed by atoms with Crippen LogP contribution in [-0.4, -0.2) is 75.0 Å². The molecule has 4 aromatic carbocycles. The van der Waals surface area contributed by atoms with Gasteiger partial charge >= 0.3 is 5.97 Å². The van der Waals surface area contributed by atoms with E-state index in [-0.39, 0.29) is 70.8 Å². The van der Waals surface area contributed by atoms with Crippen molar-refractivity contribution in [2.24, 2.45) is 0 Å². The van der Waals surface area contributed by atoms with Crippen molar-refractivity contribution in [2.75, 3.05) is 19.7 Å². The first kappa shape index (κ1) is 38.7. The summed E-state index contributed by atoms with van der Waals surface area (Å²) in [6, 6.07) is 27.4. The van der Waals surface area contributed by atoms with Crippen LogP contribution < -0.4 is 26.2 Å². The lowest BCUT2D eigenvalue weighted by Gasteiger charge is -2.29. The number of carbonyl (C=O) groups excluding carboxylic acids is 2. The molecule has 1 fully saturated rings. The molecule has 0 aliphatic heterocycles. The molecule has 2 amide bonds. The lowest BCUT2D eigenvalue weighted by molar-refractivity contribution is -0.155.